The molecule has 7 heteroatoms. The first-order valence-corrected chi connectivity index (χ1v) is 13.7. The molecule has 0 aliphatic carbocycles. The van der Waals surface area contributed by atoms with Gasteiger partial charge in [0.25, 0.3) is 0 Å². The number of benzene rings is 1. The van der Waals surface area contributed by atoms with E-state index in [1.807, 2.05) is 13.8 Å². The molecular formula is C25H32Br3N3O. The standard InChI is InChI=1S/C23H26Br3N3O.C2H6/c1-13-8-17(28-6-4-16(12-30)5-7-28)9-18-14(2)15(3)29(23(18)27-13)22-11-20(25)19(24)10-21(22)26;1-2/h8,10-11,16,30H,4-7,9,12H2,1-3H3;1-2H3. The zero-order valence-electron chi connectivity index (χ0n) is 19.5. The number of likely N-dealkylation sites (tertiary alicyclic amines) is 1. The molecule has 4 nitrogen and oxygen atoms in total. The number of piperidine rings is 1. The summed E-state index contributed by atoms with van der Waals surface area (Å²) in [6.07, 6.45) is 5.23. The fourth-order valence-electron chi connectivity index (χ4n) is 4.43. The van der Waals surface area contributed by atoms with Crippen LogP contribution in [0.25, 0.3) is 5.69 Å². The molecule has 3 heterocycles. The summed E-state index contributed by atoms with van der Waals surface area (Å²) in [7, 11) is 0. The Bertz CT molecular complexity index is 1050. The molecule has 1 fully saturated rings. The molecule has 4 rings (SSSR count). The second kappa shape index (κ2) is 11.0. The van der Waals surface area contributed by atoms with E-state index < -0.39 is 0 Å². The maximum atomic E-state index is 9.48. The Morgan fingerprint density at radius 3 is 2.25 bits per heavy atom. The molecular weight excluding hydrogens is 598 g/mol. The first-order valence-electron chi connectivity index (χ1n) is 11.3. The summed E-state index contributed by atoms with van der Waals surface area (Å²) >= 11 is 11.0. The first kappa shape index (κ1) is 25.7. The van der Waals surface area contributed by atoms with Crippen molar-refractivity contribution in [3.8, 4) is 5.69 Å². The van der Waals surface area contributed by atoms with Crippen molar-refractivity contribution in [2.75, 3.05) is 19.7 Å². The molecule has 0 amide bonds. The molecule has 2 aliphatic rings. The van der Waals surface area contributed by atoms with Crippen molar-refractivity contribution in [2.45, 2.75) is 53.9 Å². The smallest absolute Gasteiger partial charge is 0.141 e. The molecule has 0 radical (unpaired) electrons. The van der Waals surface area contributed by atoms with Gasteiger partial charge in [-0.05, 0) is 111 Å². The minimum Gasteiger partial charge on any atom is -0.396 e. The average Bonchev–Trinajstić information content (AvgIpc) is 2.92. The summed E-state index contributed by atoms with van der Waals surface area (Å²) in [4.78, 5) is 7.54. The highest BCUT2D eigenvalue weighted by Gasteiger charge is 2.26. The van der Waals surface area contributed by atoms with Crippen LogP contribution in [0, 0.1) is 19.8 Å². The molecule has 0 atom stereocenters. The van der Waals surface area contributed by atoms with Crippen molar-refractivity contribution in [3.05, 3.63) is 54.1 Å². The normalized spacial score (nSPS) is 16.6. The molecule has 1 saturated heterocycles. The molecule has 174 valence electrons. The number of allylic oxidation sites excluding steroid dienone is 2. The van der Waals surface area contributed by atoms with Crippen LogP contribution in [0.3, 0.4) is 0 Å². The molecule has 0 unspecified atom stereocenters. The van der Waals surface area contributed by atoms with E-state index >= 15 is 0 Å². The minimum atomic E-state index is 0.302. The topological polar surface area (TPSA) is 40.8 Å². The van der Waals surface area contributed by atoms with E-state index in [0.29, 0.717) is 12.5 Å². The molecule has 0 bridgehead atoms. The highest BCUT2D eigenvalue weighted by molar-refractivity contribution is 9.13. The summed E-state index contributed by atoms with van der Waals surface area (Å²) < 4.78 is 5.32. The van der Waals surface area contributed by atoms with Crippen molar-refractivity contribution in [3.63, 3.8) is 0 Å². The lowest BCUT2D eigenvalue weighted by molar-refractivity contribution is 0.150. The number of hydrogen-bond acceptors (Lipinski definition) is 3. The molecule has 0 spiro atoms. The first-order chi connectivity index (χ1) is 15.3. The molecule has 0 saturated carbocycles. The molecule has 32 heavy (non-hydrogen) atoms. The van der Waals surface area contributed by atoms with E-state index in [-0.39, 0.29) is 0 Å². The van der Waals surface area contributed by atoms with Crippen LogP contribution in [0.4, 0.5) is 5.82 Å². The number of aliphatic hydroxyl groups is 1. The lowest BCUT2D eigenvalue weighted by Crippen LogP contribution is -2.35. The summed E-state index contributed by atoms with van der Waals surface area (Å²) in [5.41, 5.74) is 7.25. The Morgan fingerprint density at radius 1 is 1.00 bits per heavy atom. The van der Waals surface area contributed by atoms with E-state index in [1.54, 1.807) is 0 Å². The van der Waals surface area contributed by atoms with Gasteiger partial charge in [0.2, 0.25) is 0 Å². The predicted molar refractivity (Wildman–Crippen MR) is 146 cm³/mol. The van der Waals surface area contributed by atoms with Crippen molar-refractivity contribution >= 4 is 59.3 Å². The third-order valence-electron chi connectivity index (χ3n) is 6.34. The van der Waals surface area contributed by atoms with Crippen LogP contribution < -0.4 is 0 Å². The number of rotatable bonds is 3. The third-order valence-corrected chi connectivity index (χ3v) is 8.82. The van der Waals surface area contributed by atoms with Crippen LogP contribution in [0.2, 0.25) is 0 Å². The Balaban J connectivity index is 0.00000141. The average molecular weight is 630 g/mol. The SMILES string of the molecule is CC.CC1=Nc2c(c(C)c(C)n2-c2cc(Br)c(Br)cc2Br)CC(N2CCC(CO)CC2)=C1. The van der Waals surface area contributed by atoms with Gasteiger partial charge in [-0.1, -0.05) is 13.8 Å². The summed E-state index contributed by atoms with van der Waals surface area (Å²) in [6, 6.07) is 4.20. The van der Waals surface area contributed by atoms with Gasteiger partial charge in [0.1, 0.15) is 5.82 Å². The molecule has 1 aromatic heterocycles. The zero-order valence-corrected chi connectivity index (χ0v) is 24.2. The van der Waals surface area contributed by atoms with Gasteiger partial charge < -0.3 is 10.0 Å². The van der Waals surface area contributed by atoms with Crippen LogP contribution in [0.5, 0.6) is 0 Å². The van der Waals surface area contributed by atoms with Gasteiger partial charge in [-0.15, -0.1) is 0 Å². The lowest BCUT2D eigenvalue weighted by atomic mass is 9.96. The van der Waals surface area contributed by atoms with Gasteiger partial charge in [0.05, 0.1) is 5.69 Å². The predicted octanol–water partition coefficient (Wildman–Crippen LogP) is 7.64. The summed E-state index contributed by atoms with van der Waals surface area (Å²) in [5.74, 6) is 1.46. The number of aliphatic hydroxyl groups excluding tert-OH is 1. The molecule has 2 aromatic rings. The van der Waals surface area contributed by atoms with Crippen molar-refractivity contribution < 1.29 is 5.11 Å². The highest BCUT2D eigenvalue weighted by Crippen LogP contribution is 2.40. The largest absolute Gasteiger partial charge is 0.396 e. The fourth-order valence-corrected chi connectivity index (χ4v) is 5.94. The Labute approximate surface area is 217 Å². The van der Waals surface area contributed by atoms with Gasteiger partial charge in [-0.2, -0.15) is 0 Å². The van der Waals surface area contributed by atoms with Gasteiger partial charge >= 0.3 is 0 Å². The Hall–Kier alpha value is -0.890. The van der Waals surface area contributed by atoms with Crippen LogP contribution >= 0.6 is 47.8 Å². The zero-order chi connectivity index (χ0) is 23.6. The fraction of sp³-hybridized carbons (Fsp3) is 0.480. The number of fused-ring (bicyclic) bond motifs is 1. The minimum absolute atomic E-state index is 0.302. The van der Waals surface area contributed by atoms with Crippen LogP contribution in [-0.2, 0) is 6.42 Å². The maximum Gasteiger partial charge on any atom is 0.141 e. The van der Waals surface area contributed by atoms with Gasteiger partial charge in [0, 0.05) is 62.2 Å². The number of hydrogen-bond donors (Lipinski definition) is 1. The maximum absolute atomic E-state index is 9.48. The third kappa shape index (κ3) is 5.11. The van der Waals surface area contributed by atoms with E-state index in [9.17, 15) is 5.11 Å². The molecule has 1 aromatic carbocycles. The Morgan fingerprint density at radius 2 is 1.62 bits per heavy atom. The highest BCUT2D eigenvalue weighted by atomic mass is 79.9. The van der Waals surface area contributed by atoms with Crippen LogP contribution in [0.1, 0.15) is 50.4 Å². The van der Waals surface area contributed by atoms with E-state index in [4.69, 9.17) is 4.99 Å². The van der Waals surface area contributed by atoms with Crippen LogP contribution in [0.15, 0.2) is 42.3 Å². The van der Waals surface area contributed by atoms with Gasteiger partial charge in [-0.3, -0.25) is 4.57 Å². The number of nitrogens with zero attached hydrogens (tertiary/aromatic N) is 3. The number of aromatic nitrogens is 1. The summed E-state index contributed by atoms with van der Waals surface area (Å²) in [5, 5.41) is 9.48. The van der Waals surface area contributed by atoms with Gasteiger partial charge in [0.15, 0.2) is 0 Å². The van der Waals surface area contributed by atoms with Crippen LogP contribution in [-0.4, -0.2) is 40.0 Å². The molecule has 1 N–H and O–H groups in total. The van der Waals surface area contributed by atoms with Crippen molar-refractivity contribution in [1.29, 1.82) is 0 Å². The van der Waals surface area contributed by atoms with Gasteiger partial charge in [-0.25, -0.2) is 4.99 Å². The number of halogens is 3. The lowest BCUT2D eigenvalue weighted by Gasteiger charge is -2.34. The van der Waals surface area contributed by atoms with E-state index in [0.717, 1.165) is 63.0 Å². The van der Waals surface area contributed by atoms with E-state index in [2.05, 4.69) is 96.2 Å². The molecule has 2 aliphatic heterocycles. The van der Waals surface area contributed by atoms with Crippen molar-refractivity contribution in [1.82, 2.24) is 9.47 Å². The van der Waals surface area contributed by atoms with Crippen molar-refractivity contribution in [2.24, 2.45) is 10.9 Å². The quantitative estimate of drug-likeness (QED) is 0.355. The van der Waals surface area contributed by atoms with E-state index in [1.165, 1.54) is 22.5 Å². The second-order valence-corrected chi connectivity index (χ2v) is 10.8. The monoisotopic (exact) mass is 627 g/mol. The number of aliphatic imine (C=N–C) groups is 1. The Kier molecular flexibility index (Phi) is 8.86. The second-order valence-electron chi connectivity index (χ2n) is 8.24. The summed E-state index contributed by atoms with van der Waals surface area (Å²) in [6.45, 7) is 12.8.